The molecule has 0 saturated heterocycles. The minimum atomic E-state index is -5.17. The molecule has 0 aliphatic heterocycles. The summed E-state index contributed by atoms with van der Waals surface area (Å²) >= 11 is 0. The van der Waals surface area contributed by atoms with Crippen LogP contribution < -0.4 is 52.2 Å². The molecule has 0 aromatic rings. The summed E-state index contributed by atoms with van der Waals surface area (Å²) in [5, 5.41) is 16.7. The van der Waals surface area contributed by atoms with Gasteiger partial charge in [0.1, 0.15) is 0 Å². The predicted octanol–water partition coefficient (Wildman–Crippen LogP) is -10.5. The third-order valence-corrected chi connectivity index (χ3v) is 0. The molecular formula is CCaClMgNaO7S. The molecule has 0 amide bonds. The van der Waals surface area contributed by atoms with Crippen molar-refractivity contribution in [3.8, 4) is 0 Å². The van der Waals surface area contributed by atoms with Gasteiger partial charge in [0.05, 0.1) is 0 Å². The molecule has 0 aliphatic rings. The number of hydrogen-bond donors (Lipinski definition) is 0. The quantitative estimate of drug-likeness (QED) is 0.243. The van der Waals surface area contributed by atoms with Gasteiger partial charge in [-0.25, -0.2) is 0 Å². The van der Waals surface area contributed by atoms with Crippen LogP contribution in [0.1, 0.15) is 0 Å². The molecule has 0 radical (unpaired) electrons. The van der Waals surface area contributed by atoms with Crippen LogP contribution in [-0.2, 0) is 10.4 Å². The first-order chi connectivity index (χ1) is 3.73. The van der Waals surface area contributed by atoms with Crippen molar-refractivity contribution in [2.45, 2.75) is 0 Å². The maximum atomic E-state index is 8.52. The Morgan fingerprint density at radius 3 is 1.08 bits per heavy atom. The average Bonchev–Trinajstić information content (AvgIpc) is 1.19. The third-order valence-electron chi connectivity index (χ3n) is 0. The van der Waals surface area contributed by atoms with Gasteiger partial charge in [-0.15, -0.1) is 0 Å². The summed E-state index contributed by atoms with van der Waals surface area (Å²) in [6.45, 7) is 0. The van der Waals surface area contributed by atoms with E-state index in [9.17, 15) is 0 Å². The molecule has 0 unspecified atom stereocenters. The fraction of sp³-hybridized carbons (Fsp3) is 0. The first-order valence-corrected chi connectivity index (χ1v) is 2.61. The minimum absolute atomic E-state index is 0. The zero-order valence-electron chi connectivity index (χ0n) is 6.56. The van der Waals surface area contributed by atoms with Gasteiger partial charge in [-0.3, -0.25) is 8.42 Å². The van der Waals surface area contributed by atoms with Crippen LogP contribution in [0.4, 0.5) is 4.79 Å². The van der Waals surface area contributed by atoms with E-state index in [0.29, 0.717) is 0 Å². The second-order valence-electron chi connectivity index (χ2n) is 0.658. The second kappa shape index (κ2) is 19.9. The molecule has 0 aromatic heterocycles. The molecule has 0 heterocycles. The summed E-state index contributed by atoms with van der Waals surface area (Å²) in [5.41, 5.74) is 0. The molecule has 64 valence electrons. The fourth-order valence-corrected chi connectivity index (χ4v) is 0. The van der Waals surface area contributed by atoms with Crippen LogP contribution in [0.3, 0.4) is 0 Å². The largest absolute Gasteiger partial charge is 2.00 e. The molecule has 0 atom stereocenters. The SMILES string of the molecule is O=C([O-])[O-].O=S(=O)([O-])[O-].[Ca+2].[Cl-].[Mg+2].[Na+]. The maximum Gasteiger partial charge on any atom is 2.00 e. The van der Waals surface area contributed by atoms with Crippen molar-refractivity contribution in [3.05, 3.63) is 0 Å². The minimum Gasteiger partial charge on any atom is -1.00 e. The van der Waals surface area contributed by atoms with E-state index in [1.54, 1.807) is 0 Å². The Morgan fingerprint density at radius 2 is 1.08 bits per heavy atom. The summed E-state index contributed by atoms with van der Waals surface area (Å²) in [4.78, 5) is 8.33. The van der Waals surface area contributed by atoms with Crippen LogP contribution in [0.15, 0.2) is 0 Å². The van der Waals surface area contributed by atoms with Crippen LogP contribution in [0, 0.1) is 0 Å². The summed E-state index contributed by atoms with van der Waals surface area (Å²) in [5.74, 6) is 0. The first kappa shape index (κ1) is 36.1. The first-order valence-electron chi connectivity index (χ1n) is 1.28. The molecular weight excluding hydrogens is 279 g/mol. The second-order valence-corrected chi connectivity index (χ2v) is 1.47. The Bertz CT molecular complexity index is 171. The normalized spacial score (nSPS) is 6.31. The van der Waals surface area contributed by atoms with Crippen molar-refractivity contribution in [1.29, 1.82) is 0 Å². The molecule has 7 nitrogen and oxygen atoms in total. The van der Waals surface area contributed by atoms with Gasteiger partial charge in [-0.1, -0.05) is 0 Å². The van der Waals surface area contributed by atoms with Crippen molar-refractivity contribution in [2.24, 2.45) is 0 Å². The Morgan fingerprint density at radius 1 is 1.08 bits per heavy atom. The number of rotatable bonds is 0. The Hall–Kier alpha value is 2.46. The number of halogens is 1. The average molecular weight is 279 g/mol. The molecule has 13 heavy (non-hydrogen) atoms. The smallest absolute Gasteiger partial charge is 1.00 e. The van der Waals surface area contributed by atoms with Gasteiger partial charge < -0.3 is 36.5 Å². The van der Waals surface area contributed by atoms with Crippen LogP contribution in [0.2, 0.25) is 0 Å². The molecule has 0 saturated carbocycles. The standard InChI is InChI=1S/CH2O3.Ca.ClH.Mg.Na.H2O4S/c2-1(3)4;;;;;1-5(2,3)4/h(H2,2,3,4);;1H;;;(H2,1,2,3,4)/q;+2;;+2;+1;/p-5. The van der Waals surface area contributed by atoms with E-state index >= 15 is 0 Å². The van der Waals surface area contributed by atoms with E-state index in [1.165, 1.54) is 0 Å². The molecule has 12 heteroatoms. The van der Waals surface area contributed by atoms with Crippen molar-refractivity contribution in [1.82, 2.24) is 0 Å². The number of hydrogen-bond acceptors (Lipinski definition) is 7. The van der Waals surface area contributed by atoms with Crippen LogP contribution >= 0.6 is 0 Å². The molecule has 0 aliphatic carbocycles. The molecule has 0 fully saturated rings. The summed E-state index contributed by atoms with van der Waals surface area (Å²) in [6, 6.07) is 0. The molecule has 0 spiro atoms. The fourth-order valence-electron chi connectivity index (χ4n) is 0. The molecule has 0 bridgehead atoms. The summed E-state index contributed by atoms with van der Waals surface area (Å²) in [6.07, 6.45) is -2.33. The van der Waals surface area contributed by atoms with Crippen molar-refractivity contribution in [2.75, 3.05) is 0 Å². The monoisotopic (exact) mass is 278 g/mol. The number of carbonyl (C=O) groups excluding carboxylic acids is 1. The third kappa shape index (κ3) is 372. The van der Waals surface area contributed by atoms with Gasteiger partial charge in [-0.2, -0.15) is 0 Å². The summed E-state index contributed by atoms with van der Waals surface area (Å²) in [7, 11) is -5.17. The molecule has 0 rings (SSSR count). The topological polar surface area (TPSA) is 143 Å². The van der Waals surface area contributed by atoms with Gasteiger partial charge in [-0.05, 0) is 6.16 Å². The predicted molar refractivity (Wildman–Crippen MR) is 27.4 cm³/mol. The van der Waals surface area contributed by atoms with E-state index in [4.69, 9.17) is 32.5 Å². The van der Waals surface area contributed by atoms with Gasteiger partial charge in [0.25, 0.3) is 0 Å². The van der Waals surface area contributed by atoms with E-state index < -0.39 is 16.6 Å². The van der Waals surface area contributed by atoms with Crippen LogP contribution in [0.25, 0.3) is 0 Å². The van der Waals surface area contributed by atoms with Crippen molar-refractivity contribution < 1.29 is 74.5 Å². The Kier molecular flexibility index (Phi) is 55.4. The van der Waals surface area contributed by atoms with E-state index in [2.05, 4.69) is 0 Å². The van der Waals surface area contributed by atoms with Gasteiger partial charge in [0, 0.05) is 10.4 Å². The molecule has 0 aromatic carbocycles. The van der Waals surface area contributed by atoms with E-state index in [0.717, 1.165) is 0 Å². The Balaban J connectivity index is -0.0000000146. The van der Waals surface area contributed by atoms with Crippen molar-refractivity contribution >= 4 is 77.3 Å². The van der Waals surface area contributed by atoms with Crippen LogP contribution in [-0.4, -0.2) is 84.5 Å². The van der Waals surface area contributed by atoms with E-state index in [-0.39, 0.29) is 103 Å². The number of carbonyl (C=O) groups is 1. The van der Waals surface area contributed by atoms with Gasteiger partial charge in [0.15, 0.2) is 0 Å². The Labute approximate surface area is 149 Å². The summed E-state index contributed by atoms with van der Waals surface area (Å²) < 4.78 is 34.1. The van der Waals surface area contributed by atoms with E-state index in [1.807, 2.05) is 0 Å². The van der Waals surface area contributed by atoms with Crippen LogP contribution in [0.5, 0.6) is 0 Å². The maximum absolute atomic E-state index is 8.52. The molecule has 0 N–H and O–H groups in total. The van der Waals surface area contributed by atoms with Gasteiger partial charge in [0.2, 0.25) is 0 Å². The zero-order valence-corrected chi connectivity index (χ0v) is 13.8. The van der Waals surface area contributed by atoms with Gasteiger partial charge >= 0.3 is 90.3 Å². The van der Waals surface area contributed by atoms with Crippen molar-refractivity contribution in [3.63, 3.8) is 0 Å². The zero-order chi connectivity index (χ0) is 8.08. The number of carboxylic acid groups (broad SMARTS) is 2.